The Balaban J connectivity index is 1.71. The molecule has 28 heavy (non-hydrogen) atoms. The maximum absolute atomic E-state index is 13.0. The molecule has 0 spiro atoms. The molecule has 0 unspecified atom stereocenters. The van der Waals surface area contributed by atoms with Crippen molar-refractivity contribution in [3.8, 4) is 11.5 Å². The van der Waals surface area contributed by atoms with Gasteiger partial charge >= 0.3 is 0 Å². The second-order valence-electron chi connectivity index (χ2n) is 7.03. The van der Waals surface area contributed by atoms with E-state index in [9.17, 15) is 4.79 Å². The first-order valence-corrected chi connectivity index (χ1v) is 9.77. The van der Waals surface area contributed by atoms with Crippen molar-refractivity contribution in [2.45, 2.75) is 33.3 Å². The van der Waals surface area contributed by atoms with Crippen LogP contribution in [0, 0.1) is 6.92 Å². The van der Waals surface area contributed by atoms with E-state index in [0.29, 0.717) is 17.4 Å². The zero-order valence-electron chi connectivity index (χ0n) is 16.1. The molecule has 2 aliphatic rings. The average Bonchev–Trinajstić information content (AvgIpc) is 3.13. The van der Waals surface area contributed by atoms with Crippen LogP contribution in [-0.2, 0) is 11.2 Å². The fraction of sp³-hybridized carbons (Fsp3) is 0.273. The molecule has 2 aromatic carbocycles. The molecule has 0 radical (unpaired) electrons. The third-order valence-corrected chi connectivity index (χ3v) is 5.05. The maximum Gasteiger partial charge on any atom is 0.281 e. The van der Waals surface area contributed by atoms with Crippen molar-refractivity contribution >= 4 is 35.0 Å². The van der Waals surface area contributed by atoms with Gasteiger partial charge < -0.3 is 14.8 Å². The lowest BCUT2D eigenvalue weighted by molar-refractivity contribution is -0.113. The molecule has 1 N–H and O–H groups in total. The normalized spacial score (nSPS) is 19.6. The lowest BCUT2D eigenvalue weighted by atomic mass is 10.1. The van der Waals surface area contributed by atoms with Crippen LogP contribution in [0.4, 0.5) is 5.69 Å². The van der Waals surface area contributed by atoms with Crippen LogP contribution in [0.15, 0.2) is 42.1 Å². The minimum Gasteiger partial charge on any atom is -0.493 e. The van der Waals surface area contributed by atoms with Crippen molar-refractivity contribution in [3.05, 3.63) is 58.8 Å². The number of fused-ring (bicyclic) bond motifs is 1. The number of hydrogen-bond acceptors (Lipinski definition) is 4. The predicted octanol–water partition coefficient (Wildman–Crippen LogP) is 3.98. The average molecular weight is 394 g/mol. The molecule has 1 fully saturated rings. The number of hydrogen-bond donors (Lipinski definition) is 1. The summed E-state index contributed by atoms with van der Waals surface area (Å²) >= 11 is 5.41. The Hall–Kier alpha value is -2.86. The van der Waals surface area contributed by atoms with Gasteiger partial charge in [-0.3, -0.25) is 9.69 Å². The van der Waals surface area contributed by atoms with Gasteiger partial charge in [0.15, 0.2) is 5.11 Å². The Kier molecular flexibility index (Phi) is 4.81. The zero-order chi connectivity index (χ0) is 19.8. The molecule has 0 aromatic heterocycles. The van der Waals surface area contributed by atoms with Gasteiger partial charge in [0.2, 0.25) is 0 Å². The summed E-state index contributed by atoms with van der Waals surface area (Å²) in [4.78, 5) is 14.5. The van der Waals surface area contributed by atoms with E-state index in [1.165, 1.54) is 4.90 Å². The highest BCUT2D eigenvalue weighted by Gasteiger charge is 2.32. The lowest BCUT2D eigenvalue weighted by Gasteiger charge is -2.14. The highest BCUT2D eigenvalue weighted by molar-refractivity contribution is 7.80. The molecule has 1 amide bonds. The van der Waals surface area contributed by atoms with Crippen LogP contribution in [0.5, 0.6) is 11.5 Å². The molecule has 1 saturated heterocycles. The van der Waals surface area contributed by atoms with Gasteiger partial charge in [-0.2, -0.15) is 0 Å². The molecule has 2 aromatic rings. The van der Waals surface area contributed by atoms with Crippen LogP contribution in [-0.4, -0.2) is 23.7 Å². The van der Waals surface area contributed by atoms with Gasteiger partial charge in [-0.1, -0.05) is 12.1 Å². The number of carbonyl (C=O) groups is 1. The Morgan fingerprint density at radius 1 is 1.36 bits per heavy atom. The van der Waals surface area contributed by atoms with E-state index < -0.39 is 0 Å². The second-order valence-corrected chi connectivity index (χ2v) is 7.42. The summed E-state index contributed by atoms with van der Waals surface area (Å²) in [7, 11) is 0. The predicted molar refractivity (Wildman–Crippen MR) is 114 cm³/mol. The van der Waals surface area contributed by atoms with Gasteiger partial charge in [0.1, 0.15) is 23.3 Å². The molecule has 0 aliphatic carbocycles. The van der Waals surface area contributed by atoms with Crippen LogP contribution >= 0.6 is 12.2 Å². The van der Waals surface area contributed by atoms with Gasteiger partial charge in [0.05, 0.1) is 12.3 Å². The fourth-order valence-electron chi connectivity index (χ4n) is 3.54. The largest absolute Gasteiger partial charge is 0.493 e. The molecule has 0 bridgehead atoms. The number of benzene rings is 2. The molecule has 144 valence electrons. The summed E-state index contributed by atoms with van der Waals surface area (Å²) in [5.74, 6) is 1.39. The van der Waals surface area contributed by atoms with E-state index in [1.54, 1.807) is 6.08 Å². The number of carbonyl (C=O) groups excluding carboxylic acids is 1. The van der Waals surface area contributed by atoms with Crippen LogP contribution in [0.2, 0.25) is 0 Å². The summed E-state index contributed by atoms with van der Waals surface area (Å²) in [5.41, 5.74) is 4.15. The van der Waals surface area contributed by atoms with Gasteiger partial charge in [-0.25, -0.2) is 0 Å². The molecule has 2 aliphatic heterocycles. The van der Waals surface area contributed by atoms with Crippen molar-refractivity contribution in [3.63, 3.8) is 0 Å². The number of nitrogens with one attached hydrogen (secondary N) is 1. The molecule has 4 rings (SSSR count). The zero-order valence-corrected chi connectivity index (χ0v) is 16.9. The third-order valence-electron chi connectivity index (χ3n) is 4.77. The number of nitrogens with zero attached hydrogens (tertiary/aromatic N) is 1. The van der Waals surface area contributed by atoms with Crippen molar-refractivity contribution in [2.75, 3.05) is 11.5 Å². The van der Waals surface area contributed by atoms with Crippen LogP contribution in [0.1, 0.15) is 30.5 Å². The van der Waals surface area contributed by atoms with E-state index in [0.717, 1.165) is 40.3 Å². The summed E-state index contributed by atoms with van der Waals surface area (Å²) < 4.78 is 11.7. The Morgan fingerprint density at radius 3 is 2.93 bits per heavy atom. The molecule has 6 heteroatoms. The van der Waals surface area contributed by atoms with Crippen molar-refractivity contribution in [1.82, 2.24) is 5.32 Å². The Morgan fingerprint density at radius 2 is 2.18 bits per heavy atom. The number of thiocarbonyl (C=S) groups is 1. The topological polar surface area (TPSA) is 50.8 Å². The Labute approximate surface area is 169 Å². The lowest BCUT2D eigenvalue weighted by Crippen LogP contribution is -2.30. The molecule has 0 saturated carbocycles. The second kappa shape index (κ2) is 7.28. The number of rotatable bonds is 4. The van der Waals surface area contributed by atoms with E-state index in [4.69, 9.17) is 21.7 Å². The van der Waals surface area contributed by atoms with E-state index in [1.807, 2.05) is 57.2 Å². The molecular formula is C22H22N2O3S. The van der Waals surface area contributed by atoms with Gasteiger partial charge in [-0.05, 0) is 68.9 Å². The summed E-state index contributed by atoms with van der Waals surface area (Å²) in [5, 5.41) is 3.41. The number of ether oxygens (including phenoxy) is 2. The standard InChI is InChI=1S/C22H22N2O3S/c1-4-26-19-11-15-9-14(3)27-20(15)12-16(19)10-18-21(25)24(22(28)23-18)17-7-5-6-13(2)8-17/h5-8,10-12,14H,4,9H2,1-3H3,(H,23,28)/b18-10-/t14-/m1/s1. The molecule has 2 heterocycles. The molecular weight excluding hydrogens is 372 g/mol. The first kappa shape index (κ1) is 18.5. The SMILES string of the molecule is CCOc1cc2c(cc1/C=C1\NC(=S)N(c3cccc(C)c3)C1=O)O[C@H](C)C2. The number of aryl methyl sites for hydroxylation is 1. The van der Waals surface area contributed by atoms with E-state index >= 15 is 0 Å². The fourth-order valence-corrected chi connectivity index (χ4v) is 3.84. The summed E-state index contributed by atoms with van der Waals surface area (Å²) in [6.45, 7) is 6.51. The van der Waals surface area contributed by atoms with E-state index in [-0.39, 0.29) is 12.0 Å². The Bertz CT molecular complexity index is 999. The minimum atomic E-state index is -0.187. The van der Waals surface area contributed by atoms with E-state index in [2.05, 4.69) is 5.32 Å². The maximum atomic E-state index is 13.0. The van der Waals surface area contributed by atoms with Gasteiger partial charge in [-0.15, -0.1) is 0 Å². The smallest absolute Gasteiger partial charge is 0.281 e. The first-order valence-electron chi connectivity index (χ1n) is 9.36. The number of anilines is 1. The number of amides is 1. The third kappa shape index (κ3) is 3.36. The van der Waals surface area contributed by atoms with Crippen molar-refractivity contribution in [2.24, 2.45) is 0 Å². The molecule has 5 nitrogen and oxygen atoms in total. The highest BCUT2D eigenvalue weighted by Crippen LogP contribution is 2.36. The molecule has 1 atom stereocenters. The van der Waals surface area contributed by atoms with Crippen molar-refractivity contribution in [1.29, 1.82) is 0 Å². The first-order chi connectivity index (χ1) is 13.5. The summed E-state index contributed by atoms with van der Waals surface area (Å²) in [6, 6.07) is 11.6. The van der Waals surface area contributed by atoms with Gasteiger partial charge in [0, 0.05) is 17.5 Å². The minimum absolute atomic E-state index is 0.142. The summed E-state index contributed by atoms with van der Waals surface area (Å²) in [6.07, 6.45) is 2.78. The van der Waals surface area contributed by atoms with Gasteiger partial charge in [0.25, 0.3) is 5.91 Å². The monoisotopic (exact) mass is 394 g/mol. The van der Waals surface area contributed by atoms with Crippen molar-refractivity contribution < 1.29 is 14.3 Å². The van der Waals surface area contributed by atoms with Crippen LogP contribution in [0.25, 0.3) is 6.08 Å². The quantitative estimate of drug-likeness (QED) is 0.628. The van der Waals surface area contributed by atoms with Crippen LogP contribution < -0.4 is 19.7 Å². The van der Waals surface area contributed by atoms with Crippen LogP contribution in [0.3, 0.4) is 0 Å². The highest BCUT2D eigenvalue weighted by atomic mass is 32.1.